The van der Waals surface area contributed by atoms with E-state index in [1.165, 1.54) is 57.8 Å². The molecular weight excluding hydrogens is 248 g/mol. The molecule has 0 bridgehead atoms. The molecule has 1 N–H and O–H groups in total. The largest absolute Gasteiger partial charge is 0.367 e. The highest BCUT2D eigenvalue weighted by Crippen LogP contribution is 2.23. The minimum absolute atomic E-state index is 0.599. The van der Waals surface area contributed by atoms with Crippen molar-refractivity contribution in [2.45, 2.75) is 63.8 Å². The monoisotopic (exact) mass is 274 g/mol. The van der Waals surface area contributed by atoms with Crippen LogP contribution in [0.25, 0.3) is 0 Å². The second kappa shape index (κ2) is 6.91. The average molecular weight is 274 g/mol. The lowest BCUT2D eigenvalue weighted by molar-refractivity contribution is 0.572. The van der Waals surface area contributed by atoms with Crippen LogP contribution in [0, 0.1) is 0 Å². The summed E-state index contributed by atoms with van der Waals surface area (Å²) in [6.07, 6.45) is 13.7. The van der Waals surface area contributed by atoms with Crippen LogP contribution in [0.1, 0.15) is 57.8 Å². The highest BCUT2D eigenvalue weighted by Gasteiger charge is 2.15. The third kappa shape index (κ3) is 3.62. The summed E-state index contributed by atoms with van der Waals surface area (Å²) >= 11 is 0. The van der Waals surface area contributed by atoms with Gasteiger partial charge in [0.1, 0.15) is 18.0 Å². The average Bonchev–Trinajstić information content (AvgIpc) is 2.77. The summed E-state index contributed by atoms with van der Waals surface area (Å²) in [4.78, 5) is 11.3. The Morgan fingerprint density at radius 1 is 0.900 bits per heavy atom. The van der Waals surface area contributed by atoms with Crippen molar-refractivity contribution in [2.75, 3.05) is 23.3 Å². The third-order valence-corrected chi connectivity index (χ3v) is 4.54. The molecule has 20 heavy (non-hydrogen) atoms. The SMILES string of the molecule is c1nc(NC2CCCCCC2)cc(N2CCCCC2)n1. The molecule has 4 heteroatoms. The maximum Gasteiger partial charge on any atom is 0.134 e. The van der Waals surface area contributed by atoms with E-state index in [1.807, 2.05) is 0 Å². The van der Waals surface area contributed by atoms with E-state index in [-0.39, 0.29) is 0 Å². The molecule has 0 amide bonds. The lowest BCUT2D eigenvalue weighted by Crippen LogP contribution is -2.30. The molecule has 2 aliphatic rings. The number of piperidine rings is 1. The van der Waals surface area contributed by atoms with E-state index in [1.54, 1.807) is 6.33 Å². The molecule has 1 aliphatic carbocycles. The van der Waals surface area contributed by atoms with Gasteiger partial charge in [0.2, 0.25) is 0 Å². The summed E-state index contributed by atoms with van der Waals surface area (Å²) in [6, 6.07) is 2.73. The first-order valence-electron chi connectivity index (χ1n) is 8.25. The highest BCUT2D eigenvalue weighted by molar-refractivity contribution is 5.49. The zero-order valence-electron chi connectivity index (χ0n) is 12.4. The van der Waals surface area contributed by atoms with Gasteiger partial charge in [-0.25, -0.2) is 9.97 Å². The van der Waals surface area contributed by atoms with E-state index in [4.69, 9.17) is 0 Å². The number of aromatic nitrogens is 2. The maximum absolute atomic E-state index is 4.45. The zero-order valence-corrected chi connectivity index (χ0v) is 12.4. The van der Waals surface area contributed by atoms with Gasteiger partial charge < -0.3 is 10.2 Å². The Kier molecular flexibility index (Phi) is 4.72. The van der Waals surface area contributed by atoms with Crippen LogP contribution >= 0.6 is 0 Å². The molecule has 4 nitrogen and oxygen atoms in total. The summed E-state index contributed by atoms with van der Waals surface area (Å²) in [5.74, 6) is 2.10. The molecule has 0 spiro atoms. The lowest BCUT2D eigenvalue weighted by atomic mass is 10.1. The van der Waals surface area contributed by atoms with Crippen LogP contribution in [0.3, 0.4) is 0 Å². The van der Waals surface area contributed by atoms with Crippen molar-refractivity contribution in [1.82, 2.24) is 9.97 Å². The van der Waals surface area contributed by atoms with E-state index in [0.29, 0.717) is 6.04 Å². The Labute approximate surface area is 122 Å². The van der Waals surface area contributed by atoms with Gasteiger partial charge in [-0.2, -0.15) is 0 Å². The highest BCUT2D eigenvalue weighted by atomic mass is 15.2. The van der Waals surface area contributed by atoms with Crippen LogP contribution in [0.15, 0.2) is 12.4 Å². The summed E-state index contributed by atoms with van der Waals surface area (Å²) < 4.78 is 0. The molecule has 0 unspecified atom stereocenters. The first-order chi connectivity index (χ1) is 9.92. The predicted molar refractivity (Wildman–Crippen MR) is 83.2 cm³/mol. The van der Waals surface area contributed by atoms with E-state index in [0.717, 1.165) is 24.7 Å². The van der Waals surface area contributed by atoms with E-state index in [2.05, 4.69) is 26.3 Å². The molecule has 1 aromatic heterocycles. The standard InChI is InChI=1S/C16H26N4/c1-2-5-9-14(8-4-1)19-15-12-16(18-13-17-15)20-10-6-3-7-11-20/h12-14H,1-11H2,(H,17,18,19). The number of nitrogens with one attached hydrogen (secondary N) is 1. The van der Waals surface area contributed by atoms with Crippen molar-refractivity contribution in [2.24, 2.45) is 0 Å². The van der Waals surface area contributed by atoms with Crippen molar-refractivity contribution in [3.8, 4) is 0 Å². The number of rotatable bonds is 3. The number of hydrogen-bond donors (Lipinski definition) is 1. The van der Waals surface area contributed by atoms with Crippen LogP contribution in [-0.2, 0) is 0 Å². The van der Waals surface area contributed by atoms with Crippen molar-refractivity contribution in [3.05, 3.63) is 12.4 Å². The fraction of sp³-hybridized carbons (Fsp3) is 0.750. The van der Waals surface area contributed by atoms with Gasteiger partial charge in [0, 0.05) is 25.2 Å². The van der Waals surface area contributed by atoms with Crippen LogP contribution in [-0.4, -0.2) is 29.1 Å². The van der Waals surface area contributed by atoms with Crippen LogP contribution in [0.2, 0.25) is 0 Å². The Morgan fingerprint density at radius 2 is 1.60 bits per heavy atom. The first-order valence-corrected chi connectivity index (χ1v) is 8.25. The molecule has 3 rings (SSSR count). The smallest absolute Gasteiger partial charge is 0.134 e. The Bertz CT molecular complexity index is 407. The van der Waals surface area contributed by atoms with Gasteiger partial charge in [-0.3, -0.25) is 0 Å². The van der Waals surface area contributed by atoms with E-state index < -0.39 is 0 Å². The molecule has 1 aromatic rings. The fourth-order valence-corrected chi connectivity index (χ4v) is 3.35. The molecule has 2 heterocycles. The predicted octanol–water partition coefficient (Wildman–Crippen LogP) is 3.60. The van der Waals surface area contributed by atoms with E-state index >= 15 is 0 Å². The maximum atomic E-state index is 4.45. The second-order valence-electron chi connectivity index (χ2n) is 6.14. The molecule has 2 fully saturated rings. The molecular formula is C16H26N4. The molecule has 0 atom stereocenters. The minimum Gasteiger partial charge on any atom is -0.367 e. The quantitative estimate of drug-likeness (QED) is 0.855. The minimum atomic E-state index is 0.599. The van der Waals surface area contributed by atoms with Crippen molar-refractivity contribution >= 4 is 11.6 Å². The topological polar surface area (TPSA) is 41.1 Å². The third-order valence-electron chi connectivity index (χ3n) is 4.54. The Balaban J connectivity index is 1.64. The number of hydrogen-bond acceptors (Lipinski definition) is 4. The molecule has 1 saturated heterocycles. The lowest BCUT2D eigenvalue weighted by Gasteiger charge is -2.28. The van der Waals surface area contributed by atoms with Crippen molar-refractivity contribution in [3.63, 3.8) is 0 Å². The van der Waals surface area contributed by atoms with Gasteiger partial charge in [0.05, 0.1) is 0 Å². The molecule has 1 saturated carbocycles. The summed E-state index contributed by atoms with van der Waals surface area (Å²) in [6.45, 7) is 2.28. The molecule has 0 aromatic carbocycles. The molecule has 1 aliphatic heterocycles. The van der Waals surface area contributed by atoms with Gasteiger partial charge in [-0.15, -0.1) is 0 Å². The second-order valence-corrected chi connectivity index (χ2v) is 6.14. The Hall–Kier alpha value is -1.32. The van der Waals surface area contributed by atoms with Crippen molar-refractivity contribution < 1.29 is 0 Å². The normalized spacial score (nSPS) is 21.5. The summed E-state index contributed by atoms with van der Waals surface area (Å²) in [7, 11) is 0. The fourth-order valence-electron chi connectivity index (χ4n) is 3.35. The summed E-state index contributed by atoms with van der Waals surface area (Å²) in [5, 5.41) is 3.62. The summed E-state index contributed by atoms with van der Waals surface area (Å²) in [5.41, 5.74) is 0. The van der Waals surface area contributed by atoms with E-state index in [9.17, 15) is 0 Å². The van der Waals surface area contributed by atoms with Crippen molar-refractivity contribution in [1.29, 1.82) is 0 Å². The Morgan fingerprint density at radius 3 is 2.35 bits per heavy atom. The first kappa shape index (κ1) is 13.7. The van der Waals surface area contributed by atoms with Gasteiger partial charge in [0.15, 0.2) is 0 Å². The number of anilines is 2. The zero-order chi connectivity index (χ0) is 13.6. The molecule has 110 valence electrons. The van der Waals surface area contributed by atoms with Gasteiger partial charge in [-0.05, 0) is 32.1 Å². The van der Waals surface area contributed by atoms with Crippen LogP contribution in [0.4, 0.5) is 11.6 Å². The van der Waals surface area contributed by atoms with Crippen LogP contribution < -0.4 is 10.2 Å². The number of nitrogens with zero attached hydrogens (tertiary/aromatic N) is 3. The van der Waals surface area contributed by atoms with Gasteiger partial charge in [-0.1, -0.05) is 25.7 Å². The van der Waals surface area contributed by atoms with Gasteiger partial charge >= 0.3 is 0 Å². The molecule has 0 radical (unpaired) electrons. The van der Waals surface area contributed by atoms with Crippen LogP contribution in [0.5, 0.6) is 0 Å². The van der Waals surface area contributed by atoms with Gasteiger partial charge in [0.25, 0.3) is 0 Å².